The third kappa shape index (κ3) is 4.70. The van der Waals surface area contributed by atoms with Crippen LogP contribution in [-0.2, 0) is 4.79 Å². The van der Waals surface area contributed by atoms with Crippen molar-refractivity contribution in [1.82, 2.24) is 10.3 Å². The van der Waals surface area contributed by atoms with Gasteiger partial charge in [0.1, 0.15) is 0 Å². The molecule has 0 aliphatic heterocycles. The summed E-state index contributed by atoms with van der Waals surface area (Å²) in [7, 11) is 0. The quantitative estimate of drug-likeness (QED) is 0.882. The number of rotatable bonds is 5. The molecule has 2 N–H and O–H groups in total. The number of pyridine rings is 1. The smallest absolute Gasteiger partial charge is 0.239 e. The number of carbonyl (C=O) groups excluding carboxylic acids is 1. The Balaban J connectivity index is 1.87. The van der Waals surface area contributed by atoms with E-state index >= 15 is 0 Å². The van der Waals surface area contributed by atoms with E-state index in [9.17, 15) is 4.79 Å². The van der Waals surface area contributed by atoms with Gasteiger partial charge < -0.3 is 10.6 Å². The molecule has 21 heavy (non-hydrogen) atoms. The second kappa shape index (κ2) is 7.41. The van der Waals surface area contributed by atoms with Crippen LogP contribution < -0.4 is 10.6 Å². The Bertz CT molecular complexity index is 620. The molecule has 1 atom stereocenters. The topological polar surface area (TPSA) is 54.0 Å². The number of benzene rings is 1. The highest BCUT2D eigenvalue weighted by atomic mass is 35.5. The first-order chi connectivity index (χ1) is 10.1. The number of carbonyl (C=O) groups is 1. The van der Waals surface area contributed by atoms with E-state index in [1.165, 1.54) is 12.3 Å². The predicted octanol–water partition coefficient (Wildman–Crippen LogP) is 3.68. The number of hydrogen-bond donors (Lipinski definition) is 2. The van der Waals surface area contributed by atoms with Crippen molar-refractivity contribution in [2.45, 2.75) is 13.0 Å². The lowest BCUT2D eigenvalue weighted by molar-refractivity contribution is -0.115. The third-order valence-corrected chi connectivity index (χ3v) is 3.43. The maximum Gasteiger partial charge on any atom is 0.239 e. The summed E-state index contributed by atoms with van der Waals surface area (Å²) in [5.74, 6) is 0.0923. The van der Waals surface area contributed by atoms with Crippen molar-refractivity contribution in [2.75, 3.05) is 11.9 Å². The molecule has 110 valence electrons. The van der Waals surface area contributed by atoms with Gasteiger partial charge >= 0.3 is 0 Å². The summed E-state index contributed by atoms with van der Waals surface area (Å²) in [5, 5.41) is 6.52. The highest BCUT2D eigenvalue weighted by Gasteiger charge is 2.10. The standard InChI is InChI=1S/C15H15Cl2N3O/c1-10(11-5-3-2-4-6-11)18-9-14(21)20-15-13(17)7-12(16)8-19-15/h2-8,10,18H,9H2,1H3,(H,19,20,21)/t10-/m0/s1. The first-order valence-corrected chi connectivity index (χ1v) is 7.21. The van der Waals surface area contributed by atoms with Crippen molar-refractivity contribution in [2.24, 2.45) is 0 Å². The fraction of sp³-hybridized carbons (Fsp3) is 0.200. The molecule has 0 unspecified atom stereocenters. The lowest BCUT2D eigenvalue weighted by Crippen LogP contribution is -2.30. The second-order valence-corrected chi connectivity index (χ2v) is 5.39. The van der Waals surface area contributed by atoms with E-state index in [2.05, 4.69) is 15.6 Å². The van der Waals surface area contributed by atoms with Gasteiger partial charge in [0.05, 0.1) is 16.6 Å². The van der Waals surface area contributed by atoms with Crippen LogP contribution in [0.3, 0.4) is 0 Å². The first-order valence-electron chi connectivity index (χ1n) is 6.45. The minimum absolute atomic E-state index is 0.0746. The number of aromatic nitrogens is 1. The minimum atomic E-state index is -0.213. The van der Waals surface area contributed by atoms with Crippen LogP contribution in [0.5, 0.6) is 0 Å². The van der Waals surface area contributed by atoms with E-state index < -0.39 is 0 Å². The van der Waals surface area contributed by atoms with Gasteiger partial charge in [0.25, 0.3) is 0 Å². The Morgan fingerprint density at radius 1 is 1.29 bits per heavy atom. The minimum Gasteiger partial charge on any atom is -0.308 e. The van der Waals surface area contributed by atoms with Gasteiger partial charge in [-0.05, 0) is 18.6 Å². The molecule has 0 aliphatic carbocycles. The molecule has 1 aromatic carbocycles. The summed E-state index contributed by atoms with van der Waals surface area (Å²) in [6.07, 6.45) is 1.43. The van der Waals surface area contributed by atoms with Crippen molar-refractivity contribution >= 4 is 34.9 Å². The molecule has 0 saturated carbocycles. The highest BCUT2D eigenvalue weighted by molar-refractivity contribution is 6.36. The summed E-state index contributed by atoms with van der Waals surface area (Å²) >= 11 is 11.7. The van der Waals surface area contributed by atoms with Gasteiger partial charge in [-0.25, -0.2) is 4.98 Å². The maximum atomic E-state index is 11.9. The Kier molecular flexibility index (Phi) is 5.56. The van der Waals surface area contributed by atoms with Crippen LogP contribution in [0.25, 0.3) is 0 Å². The van der Waals surface area contributed by atoms with Crippen molar-refractivity contribution in [3.05, 3.63) is 58.2 Å². The molecule has 6 heteroatoms. The van der Waals surface area contributed by atoms with Crippen molar-refractivity contribution < 1.29 is 4.79 Å². The van der Waals surface area contributed by atoms with Crippen molar-refractivity contribution in [1.29, 1.82) is 0 Å². The normalized spacial score (nSPS) is 12.0. The SMILES string of the molecule is C[C@H](NCC(=O)Nc1ncc(Cl)cc1Cl)c1ccccc1. The van der Waals surface area contributed by atoms with Crippen molar-refractivity contribution in [3.63, 3.8) is 0 Å². The summed E-state index contributed by atoms with van der Waals surface area (Å²) in [4.78, 5) is 15.9. The molecule has 2 rings (SSSR count). The summed E-state index contributed by atoms with van der Waals surface area (Å²) in [5.41, 5.74) is 1.12. The van der Waals surface area contributed by atoms with Crippen LogP contribution >= 0.6 is 23.2 Å². The molecule has 1 heterocycles. The molecular formula is C15H15Cl2N3O. The zero-order chi connectivity index (χ0) is 15.2. The van der Waals surface area contributed by atoms with Gasteiger partial charge in [-0.2, -0.15) is 0 Å². The van der Waals surface area contributed by atoms with Gasteiger partial charge in [-0.1, -0.05) is 53.5 Å². The van der Waals surface area contributed by atoms with Crippen molar-refractivity contribution in [3.8, 4) is 0 Å². The number of anilines is 1. The van der Waals surface area contributed by atoms with Gasteiger partial charge in [0, 0.05) is 12.2 Å². The Hall–Kier alpha value is -1.62. The Labute approximate surface area is 133 Å². The fourth-order valence-electron chi connectivity index (χ4n) is 1.79. The molecule has 1 amide bonds. The average molecular weight is 324 g/mol. The molecule has 0 bridgehead atoms. The largest absolute Gasteiger partial charge is 0.308 e. The predicted molar refractivity (Wildman–Crippen MR) is 85.7 cm³/mol. The maximum absolute atomic E-state index is 11.9. The second-order valence-electron chi connectivity index (χ2n) is 4.55. The zero-order valence-corrected chi connectivity index (χ0v) is 12.9. The van der Waals surface area contributed by atoms with Crippen LogP contribution in [0.1, 0.15) is 18.5 Å². The number of nitrogens with zero attached hydrogens (tertiary/aromatic N) is 1. The number of halogens is 2. The molecule has 0 spiro atoms. The molecule has 0 aliphatic rings. The van der Waals surface area contributed by atoms with E-state index in [4.69, 9.17) is 23.2 Å². The van der Waals surface area contributed by atoms with E-state index in [1.807, 2.05) is 37.3 Å². The van der Waals surface area contributed by atoms with E-state index in [-0.39, 0.29) is 18.5 Å². The molecule has 0 radical (unpaired) electrons. The summed E-state index contributed by atoms with van der Waals surface area (Å²) in [6, 6.07) is 11.5. The first kappa shape index (κ1) is 15.8. The molecular weight excluding hydrogens is 309 g/mol. The summed E-state index contributed by atoms with van der Waals surface area (Å²) < 4.78 is 0. The fourth-order valence-corrected chi connectivity index (χ4v) is 2.22. The molecule has 0 saturated heterocycles. The Morgan fingerprint density at radius 2 is 2.00 bits per heavy atom. The lowest BCUT2D eigenvalue weighted by Gasteiger charge is -2.14. The average Bonchev–Trinajstić information content (AvgIpc) is 2.48. The van der Waals surface area contributed by atoms with Crippen LogP contribution in [0.2, 0.25) is 10.0 Å². The third-order valence-electron chi connectivity index (χ3n) is 2.93. The lowest BCUT2D eigenvalue weighted by atomic mass is 10.1. The number of hydrogen-bond acceptors (Lipinski definition) is 3. The molecule has 0 fully saturated rings. The number of nitrogens with one attached hydrogen (secondary N) is 2. The van der Waals surface area contributed by atoms with E-state index in [1.54, 1.807) is 0 Å². The molecule has 1 aromatic heterocycles. The van der Waals surface area contributed by atoms with Crippen LogP contribution in [0, 0.1) is 0 Å². The molecule has 4 nitrogen and oxygen atoms in total. The van der Waals surface area contributed by atoms with Crippen LogP contribution in [0.4, 0.5) is 5.82 Å². The highest BCUT2D eigenvalue weighted by Crippen LogP contribution is 2.22. The van der Waals surface area contributed by atoms with E-state index in [0.717, 1.165) is 5.56 Å². The number of amides is 1. The van der Waals surface area contributed by atoms with Gasteiger partial charge in [-0.15, -0.1) is 0 Å². The van der Waals surface area contributed by atoms with Crippen LogP contribution in [0.15, 0.2) is 42.6 Å². The van der Waals surface area contributed by atoms with Gasteiger partial charge in [0.2, 0.25) is 5.91 Å². The van der Waals surface area contributed by atoms with Crippen LogP contribution in [-0.4, -0.2) is 17.4 Å². The van der Waals surface area contributed by atoms with Gasteiger partial charge in [-0.3, -0.25) is 4.79 Å². The zero-order valence-electron chi connectivity index (χ0n) is 11.4. The molecule has 2 aromatic rings. The van der Waals surface area contributed by atoms with E-state index in [0.29, 0.717) is 15.9 Å². The summed E-state index contributed by atoms with van der Waals surface area (Å²) in [6.45, 7) is 2.16. The van der Waals surface area contributed by atoms with Gasteiger partial charge in [0.15, 0.2) is 5.82 Å². The monoisotopic (exact) mass is 323 g/mol. The Morgan fingerprint density at radius 3 is 2.67 bits per heavy atom.